The van der Waals surface area contributed by atoms with Gasteiger partial charge in [0.15, 0.2) is 11.5 Å². The van der Waals surface area contributed by atoms with Crippen molar-refractivity contribution >= 4 is 29.9 Å². The second-order valence-corrected chi connectivity index (χ2v) is 5.85. The molecule has 2 aromatic rings. The first-order valence-corrected chi connectivity index (χ1v) is 8.30. The van der Waals surface area contributed by atoms with Crippen molar-refractivity contribution in [3.05, 3.63) is 30.0 Å². The minimum absolute atomic E-state index is 0.0439. The van der Waals surface area contributed by atoms with E-state index >= 15 is 0 Å². The lowest BCUT2D eigenvalue weighted by molar-refractivity contribution is -0.137. The van der Waals surface area contributed by atoms with Crippen LogP contribution in [0.25, 0.3) is 0 Å². The fourth-order valence-electron chi connectivity index (χ4n) is 2.17. The molecule has 1 aliphatic rings. The number of halogens is 5. The summed E-state index contributed by atoms with van der Waals surface area (Å²) in [6.45, 7) is -1.14. The van der Waals surface area contributed by atoms with Gasteiger partial charge in [0.2, 0.25) is 12.8 Å². The third-order valence-electron chi connectivity index (χ3n) is 3.54. The Labute approximate surface area is 155 Å². The highest BCUT2D eigenvalue weighted by molar-refractivity contribution is 7.89. The predicted octanol–water partition coefficient (Wildman–Crippen LogP) is 5.03. The van der Waals surface area contributed by atoms with Crippen LogP contribution < -0.4 is 19.6 Å². The largest absolute Gasteiger partial charge is 0.459 e. The van der Waals surface area contributed by atoms with Gasteiger partial charge in [0.25, 0.3) is 12.4 Å². The van der Waals surface area contributed by atoms with E-state index in [0.29, 0.717) is 6.20 Å². The molecule has 0 aliphatic heterocycles. The Morgan fingerprint density at radius 1 is 1.22 bits per heavy atom. The number of anilines is 3. The molecule has 27 heavy (non-hydrogen) atoms. The summed E-state index contributed by atoms with van der Waals surface area (Å²) >= 11 is -0.466. The Hall–Kier alpha value is -2.50. The Bertz CT molecular complexity index is 804. The third kappa shape index (κ3) is 5.02. The van der Waals surface area contributed by atoms with Crippen LogP contribution in [0.5, 0.6) is 11.5 Å². The first kappa shape index (κ1) is 19.3. The van der Waals surface area contributed by atoms with Gasteiger partial charge in [0.1, 0.15) is 11.4 Å². The van der Waals surface area contributed by atoms with Gasteiger partial charge in [-0.25, -0.2) is 9.37 Å². The van der Waals surface area contributed by atoms with Crippen LogP contribution in [0.2, 0.25) is 0 Å². The van der Waals surface area contributed by atoms with Crippen molar-refractivity contribution < 1.29 is 30.4 Å². The summed E-state index contributed by atoms with van der Waals surface area (Å²) in [6.07, 6.45) is -2.39. The number of hydrogen-bond acceptors (Lipinski definition) is 7. The molecule has 1 heterocycles. The van der Waals surface area contributed by atoms with Gasteiger partial charge in [-0.3, -0.25) is 0 Å². The average molecular weight is 408 g/mol. The summed E-state index contributed by atoms with van der Waals surface area (Å²) in [7, 11) is 0. The molecule has 1 aromatic heterocycles. The molecule has 0 saturated heterocycles. The molecule has 146 valence electrons. The number of rotatable bonds is 8. The predicted molar refractivity (Wildman–Crippen MR) is 89.3 cm³/mol. The summed E-state index contributed by atoms with van der Waals surface area (Å²) in [5.74, 6) is -0.592. The summed E-state index contributed by atoms with van der Waals surface area (Å²) in [6, 6.07) is 3.95. The van der Waals surface area contributed by atoms with Gasteiger partial charge in [-0.15, -0.1) is 3.89 Å². The molecule has 2 N–H and O–H groups in total. The van der Waals surface area contributed by atoms with E-state index in [1.807, 2.05) is 0 Å². The van der Waals surface area contributed by atoms with E-state index < -0.39 is 31.0 Å². The van der Waals surface area contributed by atoms with Crippen molar-refractivity contribution in [3.63, 3.8) is 0 Å². The van der Waals surface area contributed by atoms with Crippen LogP contribution in [0.3, 0.4) is 0 Å². The number of hydrogen-bond donors (Lipinski definition) is 2. The first-order valence-electron chi connectivity index (χ1n) is 7.66. The fourth-order valence-corrected chi connectivity index (χ4v) is 2.37. The lowest BCUT2D eigenvalue weighted by Crippen LogP contribution is -2.15. The van der Waals surface area contributed by atoms with Gasteiger partial charge in [-0.2, -0.15) is 18.2 Å². The number of alkyl halides is 4. The molecule has 1 aliphatic carbocycles. The maximum Gasteiger partial charge on any atom is 0.421 e. The molecule has 0 atom stereocenters. The van der Waals surface area contributed by atoms with Crippen molar-refractivity contribution in [1.82, 2.24) is 9.97 Å². The van der Waals surface area contributed by atoms with Gasteiger partial charge < -0.3 is 19.6 Å². The monoisotopic (exact) mass is 408 g/mol. The second-order valence-electron chi connectivity index (χ2n) is 5.56. The molecule has 1 aromatic carbocycles. The first-order chi connectivity index (χ1) is 12.9. The zero-order valence-corrected chi connectivity index (χ0v) is 14.3. The van der Waals surface area contributed by atoms with Crippen LogP contribution in [0.15, 0.2) is 24.4 Å². The summed E-state index contributed by atoms with van der Waals surface area (Å²) in [5.41, 5.74) is -0.688. The van der Waals surface area contributed by atoms with Crippen LogP contribution in [0, 0.1) is 0 Å². The van der Waals surface area contributed by atoms with Crippen molar-refractivity contribution in [3.8, 4) is 11.5 Å². The molecule has 1 fully saturated rings. The molecule has 0 radical (unpaired) electrons. The van der Waals surface area contributed by atoms with Crippen molar-refractivity contribution in [2.45, 2.75) is 25.1 Å². The van der Waals surface area contributed by atoms with Crippen LogP contribution in [-0.4, -0.2) is 22.9 Å². The lowest BCUT2D eigenvalue weighted by Gasteiger charge is -2.15. The lowest BCUT2D eigenvalue weighted by atomic mass is 10.2. The molecule has 12 heteroatoms. The Morgan fingerprint density at radius 2 is 2.00 bits per heavy atom. The maximum atomic E-state index is 13.1. The molecule has 0 amide bonds. The van der Waals surface area contributed by atoms with E-state index in [1.54, 1.807) is 0 Å². The second kappa shape index (κ2) is 8.03. The van der Waals surface area contributed by atoms with Gasteiger partial charge in [-0.05, 0) is 25.0 Å². The number of nitrogens with one attached hydrogen (secondary N) is 2. The van der Waals surface area contributed by atoms with E-state index in [4.69, 9.17) is 0 Å². The molecule has 3 rings (SSSR count). The van der Waals surface area contributed by atoms with E-state index in [-0.39, 0.29) is 35.0 Å². The minimum atomic E-state index is -4.60. The van der Waals surface area contributed by atoms with E-state index in [0.717, 1.165) is 12.8 Å². The fraction of sp³-hybridized carbons (Fsp3) is 0.333. The minimum Gasteiger partial charge on any atom is -0.459 e. The number of ether oxygens (including phenoxy) is 1. The summed E-state index contributed by atoms with van der Waals surface area (Å²) in [4.78, 5) is 7.55. The van der Waals surface area contributed by atoms with E-state index in [9.17, 15) is 21.4 Å². The van der Waals surface area contributed by atoms with E-state index in [1.165, 1.54) is 18.2 Å². The van der Waals surface area contributed by atoms with Gasteiger partial charge in [0, 0.05) is 24.0 Å². The molecular weight excluding hydrogens is 395 g/mol. The van der Waals surface area contributed by atoms with Crippen LogP contribution in [0.1, 0.15) is 18.4 Å². The number of benzene rings is 1. The summed E-state index contributed by atoms with van der Waals surface area (Å²) in [5, 5.41) is 5.42. The maximum absolute atomic E-state index is 13.1. The molecule has 6 nitrogen and oxygen atoms in total. The zero-order valence-electron chi connectivity index (χ0n) is 13.5. The Kier molecular flexibility index (Phi) is 5.73. The highest BCUT2D eigenvalue weighted by Gasteiger charge is 2.36. The smallest absolute Gasteiger partial charge is 0.421 e. The Balaban J connectivity index is 1.85. The van der Waals surface area contributed by atoms with Crippen molar-refractivity contribution in [1.29, 1.82) is 0 Å². The quantitative estimate of drug-likeness (QED) is 0.469. The Morgan fingerprint density at radius 3 is 2.63 bits per heavy atom. The molecule has 0 bridgehead atoms. The van der Waals surface area contributed by atoms with Crippen LogP contribution in [0.4, 0.5) is 38.9 Å². The number of nitrogens with zero attached hydrogens (tertiary/aromatic N) is 2. The average Bonchev–Trinajstić information content (AvgIpc) is 3.41. The standard InChI is InChI=1S/C15H13F5N4O2S/c16-7-25-11-4-3-9(5-12(11)26-27-20)23-14-21-6-10(15(17,18)19)13(24-14)22-8-1-2-8/h3-6,8H,1-2,7H2,(H2,21,22,23,24). The van der Waals surface area contributed by atoms with Gasteiger partial charge >= 0.3 is 6.18 Å². The molecule has 0 spiro atoms. The van der Waals surface area contributed by atoms with E-state index in [2.05, 4.69) is 29.5 Å². The SMILES string of the molecule is FCOc1ccc(Nc2ncc(C(F)(F)F)c(NC3CC3)n2)cc1OSF. The highest BCUT2D eigenvalue weighted by atomic mass is 32.2. The summed E-state index contributed by atoms with van der Waals surface area (Å²) < 4.78 is 73.3. The third-order valence-corrected chi connectivity index (χ3v) is 3.79. The number of aromatic nitrogens is 2. The van der Waals surface area contributed by atoms with Crippen LogP contribution in [-0.2, 0) is 6.18 Å². The van der Waals surface area contributed by atoms with Crippen molar-refractivity contribution in [2.24, 2.45) is 0 Å². The van der Waals surface area contributed by atoms with Gasteiger partial charge in [-0.1, -0.05) is 0 Å². The topological polar surface area (TPSA) is 68.3 Å². The molecule has 1 saturated carbocycles. The van der Waals surface area contributed by atoms with Gasteiger partial charge in [0.05, 0.1) is 0 Å². The molecule has 0 unspecified atom stereocenters. The zero-order chi connectivity index (χ0) is 19.4. The highest BCUT2D eigenvalue weighted by Crippen LogP contribution is 2.37. The normalized spacial score (nSPS) is 14.0. The molecular formula is C15H13F5N4O2S. The van der Waals surface area contributed by atoms with Crippen molar-refractivity contribution in [2.75, 3.05) is 17.5 Å². The van der Waals surface area contributed by atoms with Crippen LogP contribution >= 0.6 is 12.4 Å².